The van der Waals surface area contributed by atoms with Gasteiger partial charge in [0.15, 0.2) is 5.78 Å². The summed E-state index contributed by atoms with van der Waals surface area (Å²) in [4.78, 5) is 50.1. The molecule has 1 amide bonds. The van der Waals surface area contributed by atoms with Gasteiger partial charge in [-0.05, 0) is 18.2 Å². The quantitative estimate of drug-likeness (QED) is 0.133. The molecule has 4 rings (SSSR count). The van der Waals surface area contributed by atoms with Crippen molar-refractivity contribution in [2.24, 2.45) is 0 Å². The average Bonchev–Trinajstić information content (AvgIpc) is 2.93. The number of hydrogen-bond donors (Lipinski definition) is 1. The fourth-order valence-corrected chi connectivity index (χ4v) is 3.80. The fourth-order valence-electron chi connectivity index (χ4n) is 3.61. The Labute approximate surface area is 216 Å². The first kappa shape index (κ1) is 25.3. The molecular formula is C28H19ClN2O6. The lowest BCUT2D eigenvalue weighted by atomic mass is 9.98. The molecule has 9 heteroatoms. The maximum absolute atomic E-state index is 13.3. The van der Waals surface area contributed by atoms with Crippen molar-refractivity contribution in [1.29, 1.82) is 0 Å². The Balaban J connectivity index is 1.64. The number of nitro groups is 1. The van der Waals surface area contributed by atoms with E-state index in [9.17, 15) is 24.5 Å². The van der Waals surface area contributed by atoms with Crippen LogP contribution in [0, 0.1) is 10.1 Å². The molecule has 0 radical (unpaired) electrons. The van der Waals surface area contributed by atoms with Crippen LogP contribution in [-0.2, 0) is 9.53 Å². The van der Waals surface area contributed by atoms with Crippen molar-refractivity contribution < 1.29 is 24.0 Å². The van der Waals surface area contributed by atoms with Gasteiger partial charge in [-0.2, -0.15) is 0 Å². The molecule has 4 aromatic rings. The molecule has 0 aliphatic heterocycles. The van der Waals surface area contributed by atoms with Gasteiger partial charge in [-0.1, -0.05) is 90.5 Å². The van der Waals surface area contributed by atoms with Crippen LogP contribution < -0.4 is 5.32 Å². The second-order valence-electron chi connectivity index (χ2n) is 7.85. The van der Waals surface area contributed by atoms with Crippen molar-refractivity contribution in [1.82, 2.24) is 0 Å². The van der Waals surface area contributed by atoms with Gasteiger partial charge in [0.25, 0.3) is 11.6 Å². The summed E-state index contributed by atoms with van der Waals surface area (Å²) in [6, 6.07) is 26.7. The Hall–Kier alpha value is -4.82. The van der Waals surface area contributed by atoms with Crippen LogP contribution in [0.1, 0.15) is 37.9 Å². The lowest BCUT2D eigenvalue weighted by molar-refractivity contribution is -0.384. The zero-order valence-corrected chi connectivity index (χ0v) is 19.9. The van der Waals surface area contributed by atoms with Crippen LogP contribution in [0.25, 0.3) is 0 Å². The van der Waals surface area contributed by atoms with Crippen molar-refractivity contribution >= 4 is 40.6 Å². The second kappa shape index (κ2) is 11.3. The van der Waals surface area contributed by atoms with Gasteiger partial charge >= 0.3 is 5.97 Å². The van der Waals surface area contributed by atoms with Gasteiger partial charge < -0.3 is 10.1 Å². The Kier molecular flexibility index (Phi) is 7.71. The minimum Gasteiger partial charge on any atom is -0.444 e. The summed E-state index contributed by atoms with van der Waals surface area (Å²) in [6.45, 7) is 0. The van der Waals surface area contributed by atoms with Gasteiger partial charge in [0.2, 0.25) is 6.10 Å². The number of nitrogens with one attached hydrogen (secondary N) is 1. The lowest BCUT2D eigenvalue weighted by Crippen LogP contribution is -2.26. The van der Waals surface area contributed by atoms with Crippen molar-refractivity contribution in [2.75, 3.05) is 5.32 Å². The number of benzene rings is 4. The normalized spacial score (nSPS) is 11.3. The molecule has 0 aliphatic rings. The third-order valence-corrected chi connectivity index (χ3v) is 5.72. The first-order valence-electron chi connectivity index (χ1n) is 11.0. The fraction of sp³-hybridized carbons (Fsp3) is 0.0357. The highest BCUT2D eigenvalue weighted by atomic mass is 35.5. The Morgan fingerprint density at radius 1 is 0.811 bits per heavy atom. The standard InChI is InChI=1S/C28H19ClN2O6/c29-23-16-15-20(17-24(23)31(35)36)30-27(33)26(19-11-5-2-6-12-19)37-28(34)22-14-8-7-13-21(22)25(32)18-9-3-1-4-10-18/h1-17,26H,(H,30,33). The Morgan fingerprint density at radius 2 is 1.41 bits per heavy atom. The molecule has 184 valence electrons. The van der Waals surface area contributed by atoms with E-state index in [1.54, 1.807) is 72.8 Å². The summed E-state index contributed by atoms with van der Waals surface area (Å²) < 4.78 is 5.62. The molecule has 0 fully saturated rings. The monoisotopic (exact) mass is 514 g/mol. The first-order valence-corrected chi connectivity index (χ1v) is 11.4. The summed E-state index contributed by atoms with van der Waals surface area (Å²) in [5.41, 5.74) is 0.582. The molecular weight excluding hydrogens is 496 g/mol. The molecule has 37 heavy (non-hydrogen) atoms. The van der Waals surface area contributed by atoms with E-state index in [1.807, 2.05) is 0 Å². The minimum atomic E-state index is -1.41. The van der Waals surface area contributed by atoms with Crippen LogP contribution in [-0.4, -0.2) is 22.6 Å². The summed E-state index contributed by atoms with van der Waals surface area (Å²) in [7, 11) is 0. The third kappa shape index (κ3) is 5.88. The predicted molar refractivity (Wildman–Crippen MR) is 138 cm³/mol. The third-order valence-electron chi connectivity index (χ3n) is 5.40. The average molecular weight is 515 g/mol. The molecule has 0 heterocycles. The van der Waals surface area contributed by atoms with Gasteiger partial charge in [0, 0.05) is 28.4 Å². The minimum absolute atomic E-state index is 0.00721. The zero-order chi connectivity index (χ0) is 26.4. The van der Waals surface area contributed by atoms with E-state index in [1.165, 1.54) is 24.3 Å². The second-order valence-corrected chi connectivity index (χ2v) is 8.26. The summed E-state index contributed by atoms with van der Waals surface area (Å²) in [6.07, 6.45) is -1.41. The molecule has 0 aromatic heterocycles. The molecule has 0 aliphatic carbocycles. The number of carbonyl (C=O) groups is 3. The number of nitrogens with zero attached hydrogens (tertiary/aromatic N) is 1. The maximum Gasteiger partial charge on any atom is 0.340 e. The molecule has 1 unspecified atom stereocenters. The van der Waals surface area contributed by atoms with Crippen LogP contribution in [0.15, 0.2) is 103 Å². The van der Waals surface area contributed by atoms with E-state index in [0.717, 1.165) is 6.07 Å². The first-order chi connectivity index (χ1) is 17.8. The number of halogens is 1. The SMILES string of the molecule is O=C(OC(C(=O)Nc1ccc(Cl)c([N+](=O)[O-])c1)c1ccccc1)c1ccccc1C(=O)c1ccccc1. The van der Waals surface area contributed by atoms with Gasteiger partial charge in [-0.15, -0.1) is 0 Å². The number of rotatable bonds is 8. The number of ether oxygens (including phenoxy) is 1. The number of hydrogen-bond acceptors (Lipinski definition) is 6. The molecule has 1 atom stereocenters. The van der Waals surface area contributed by atoms with Gasteiger partial charge in [0.1, 0.15) is 5.02 Å². The van der Waals surface area contributed by atoms with Crippen molar-refractivity contribution in [3.05, 3.63) is 141 Å². The number of amides is 1. The Bertz CT molecular complexity index is 1470. The summed E-state index contributed by atoms with van der Waals surface area (Å²) >= 11 is 5.86. The van der Waals surface area contributed by atoms with Gasteiger partial charge in [-0.3, -0.25) is 19.7 Å². The van der Waals surface area contributed by atoms with E-state index < -0.39 is 22.9 Å². The van der Waals surface area contributed by atoms with Crippen LogP contribution in [0.2, 0.25) is 5.02 Å². The number of anilines is 1. The maximum atomic E-state index is 13.3. The highest BCUT2D eigenvalue weighted by Gasteiger charge is 2.28. The van der Waals surface area contributed by atoms with Crippen LogP contribution >= 0.6 is 11.6 Å². The predicted octanol–water partition coefficient (Wildman–Crippen LogP) is 6.02. The highest BCUT2D eigenvalue weighted by Crippen LogP contribution is 2.29. The highest BCUT2D eigenvalue weighted by molar-refractivity contribution is 6.32. The number of ketones is 1. The number of carbonyl (C=O) groups excluding carboxylic acids is 3. The molecule has 4 aromatic carbocycles. The molecule has 0 saturated heterocycles. The molecule has 1 N–H and O–H groups in total. The van der Waals surface area contributed by atoms with Crippen molar-refractivity contribution in [3.8, 4) is 0 Å². The van der Waals surface area contributed by atoms with Gasteiger partial charge in [0.05, 0.1) is 10.5 Å². The topological polar surface area (TPSA) is 116 Å². The molecule has 0 saturated carbocycles. The molecule has 0 bridgehead atoms. The molecule has 8 nitrogen and oxygen atoms in total. The van der Waals surface area contributed by atoms with Crippen molar-refractivity contribution in [3.63, 3.8) is 0 Å². The van der Waals surface area contributed by atoms with Gasteiger partial charge in [-0.25, -0.2) is 4.79 Å². The van der Waals surface area contributed by atoms with Crippen molar-refractivity contribution in [2.45, 2.75) is 6.10 Å². The largest absolute Gasteiger partial charge is 0.444 e. The lowest BCUT2D eigenvalue weighted by Gasteiger charge is -2.19. The Morgan fingerprint density at radius 3 is 2.05 bits per heavy atom. The summed E-state index contributed by atoms with van der Waals surface area (Å²) in [5.74, 6) is -2.00. The number of esters is 1. The van der Waals surface area contributed by atoms with E-state index in [0.29, 0.717) is 11.1 Å². The molecule has 0 spiro atoms. The van der Waals surface area contributed by atoms with E-state index in [2.05, 4.69) is 5.32 Å². The van der Waals surface area contributed by atoms with Crippen LogP contribution in [0.3, 0.4) is 0 Å². The smallest absolute Gasteiger partial charge is 0.340 e. The summed E-state index contributed by atoms with van der Waals surface area (Å²) in [5, 5.41) is 13.7. The van der Waals surface area contributed by atoms with Crippen LogP contribution in [0.5, 0.6) is 0 Å². The number of nitro benzene ring substituents is 1. The van der Waals surface area contributed by atoms with E-state index in [-0.39, 0.29) is 33.3 Å². The van der Waals surface area contributed by atoms with E-state index in [4.69, 9.17) is 16.3 Å². The van der Waals surface area contributed by atoms with Crippen LogP contribution in [0.4, 0.5) is 11.4 Å². The van der Waals surface area contributed by atoms with E-state index >= 15 is 0 Å². The zero-order valence-electron chi connectivity index (χ0n) is 19.2.